The third-order valence-corrected chi connectivity index (χ3v) is 4.71. The first kappa shape index (κ1) is 14.7. The van der Waals surface area contributed by atoms with Gasteiger partial charge in [0, 0.05) is 29.7 Å². The summed E-state index contributed by atoms with van der Waals surface area (Å²) in [7, 11) is 0. The lowest BCUT2D eigenvalue weighted by molar-refractivity contribution is -0.385. The minimum absolute atomic E-state index is 0.0139. The van der Waals surface area contributed by atoms with Crippen LogP contribution >= 0.6 is 0 Å². The fourth-order valence-electron chi connectivity index (χ4n) is 3.63. The summed E-state index contributed by atoms with van der Waals surface area (Å²) in [5.74, 6) is 0.551. The van der Waals surface area contributed by atoms with Gasteiger partial charge in [-0.25, -0.2) is 0 Å². The molecule has 2 bridgehead atoms. The number of nitro groups is 1. The Kier molecular flexibility index (Phi) is 3.09. The molecule has 2 aliphatic heterocycles. The predicted molar refractivity (Wildman–Crippen MR) is 87.0 cm³/mol. The molecule has 0 aromatic heterocycles. The van der Waals surface area contributed by atoms with Crippen molar-refractivity contribution >= 4 is 11.6 Å². The van der Waals surface area contributed by atoms with Crippen LogP contribution < -0.4 is 4.74 Å². The van der Waals surface area contributed by atoms with Gasteiger partial charge in [0.05, 0.1) is 17.5 Å². The number of hydrogen-bond acceptors (Lipinski definition) is 4. The number of non-ortho nitro benzene ring substituents is 1. The summed E-state index contributed by atoms with van der Waals surface area (Å²) in [4.78, 5) is 25.3. The molecule has 0 N–H and O–H groups in total. The summed E-state index contributed by atoms with van der Waals surface area (Å²) in [6, 6.07) is 13.5. The highest BCUT2D eigenvalue weighted by Crippen LogP contribution is 2.49. The zero-order valence-electron chi connectivity index (χ0n) is 13.1. The Hall–Kier alpha value is -2.89. The number of likely N-dealkylation sites (tertiary alicyclic amines) is 1. The maximum absolute atomic E-state index is 12.9. The standard InChI is InChI=1S/C18H16N2O4/c1-18-10-15(14-9-13(20(22)23)7-8-16(14)24-18)19(11-18)17(21)12-5-3-2-4-6-12/h2-9,15H,10-11H2,1H3. The quantitative estimate of drug-likeness (QED) is 0.627. The number of nitro benzene ring substituents is 1. The SMILES string of the molecule is CC12CC(c3cc([N+](=O)[O-])ccc3O1)N(C(=O)c1ccccc1)C2. The number of rotatable bonds is 2. The van der Waals surface area contributed by atoms with Gasteiger partial charge in [-0.05, 0) is 25.1 Å². The van der Waals surface area contributed by atoms with Gasteiger partial charge in [0.15, 0.2) is 0 Å². The molecule has 0 aliphatic carbocycles. The molecule has 2 aromatic carbocycles. The van der Waals surface area contributed by atoms with E-state index in [0.717, 1.165) is 0 Å². The fourth-order valence-corrected chi connectivity index (χ4v) is 3.63. The van der Waals surface area contributed by atoms with E-state index in [-0.39, 0.29) is 17.6 Å². The molecule has 2 aliphatic rings. The van der Waals surface area contributed by atoms with E-state index in [0.29, 0.717) is 29.8 Å². The molecule has 2 heterocycles. The molecular formula is C18H16N2O4. The Morgan fingerprint density at radius 1 is 1.29 bits per heavy atom. The van der Waals surface area contributed by atoms with E-state index >= 15 is 0 Å². The Bertz CT molecular complexity index is 836. The van der Waals surface area contributed by atoms with Crippen molar-refractivity contribution in [2.75, 3.05) is 6.54 Å². The van der Waals surface area contributed by atoms with Gasteiger partial charge in [0.2, 0.25) is 0 Å². The minimum atomic E-state index is -0.460. The minimum Gasteiger partial charge on any atom is -0.485 e. The first-order chi connectivity index (χ1) is 11.5. The summed E-state index contributed by atoms with van der Waals surface area (Å²) >= 11 is 0. The summed E-state index contributed by atoms with van der Waals surface area (Å²) < 4.78 is 6.04. The van der Waals surface area contributed by atoms with Crippen LogP contribution in [-0.4, -0.2) is 27.9 Å². The zero-order valence-corrected chi connectivity index (χ0v) is 13.1. The summed E-state index contributed by atoms with van der Waals surface area (Å²) in [6.07, 6.45) is 0.639. The lowest BCUT2D eigenvalue weighted by Gasteiger charge is -2.30. The van der Waals surface area contributed by atoms with E-state index < -0.39 is 10.5 Å². The average Bonchev–Trinajstić information content (AvgIpc) is 2.87. The van der Waals surface area contributed by atoms with Crippen LogP contribution in [0.2, 0.25) is 0 Å². The van der Waals surface area contributed by atoms with Crippen LogP contribution in [0.5, 0.6) is 5.75 Å². The smallest absolute Gasteiger partial charge is 0.270 e. The number of ether oxygens (including phenoxy) is 1. The molecule has 1 fully saturated rings. The third-order valence-electron chi connectivity index (χ3n) is 4.71. The largest absolute Gasteiger partial charge is 0.485 e. The van der Waals surface area contributed by atoms with E-state index in [1.54, 1.807) is 23.1 Å². The topological polar surface area (TPSA) is 72.7 Å². The Morgan fingerprint density at radius 2 is 2.04 bits per heavy atom. The maximum Gasteiger partial charge on any atom is 0.270 e. The molecular weight excluding hydrogens is 308 g/mol. The first-order valence-corrected chi connectivity index (χ1v) is 7.80. The van der Waals surface area contributed by atoms with E-state index in [4.69, 9.17) is 4.74 Å². The molecule has 6 nitrogen and oxygen atoms in total. The lowest BCUT2D eigenvalue weighted by atomic mass is 9.93. The number of carbonyl (C=O) groups excluding carboxylic acids is 1. The molecule has 122 valence electrons. The van der Waals surface area contributed by atoms with Gasteiger partial charge in [-0.15, -0.1) is 0 Å². The highest BCUT2D eigenvalue weighted by molar-refractivity contribution is 5.95. The lowest BCUT2D eigenvalue weighted by Crippen LogP contribution is -2.37. The van der Waals surface area contributed by atoms with Gasteiger partial charge in [0.25, 0.3) is 11.6 Å². The molecule has 1 amide bonds. The van der Waals surface area contributed by atoms with E-state index in [1.165, 1.54) is 12.1 Å². The van der Waals surface area contributed by atoms with Gasteiger partial charge >= 0.3 is 0 Å². The van der Waals surface area contributed by atoms with Crippen molar-refractivity contribution in [2.24, 2.45) is 0 Å². The third kappa shape index (κ3) is 2.22. The second-order valence-corrected chi connectivity index (χ2v) is 6.55. The van der Waals surface area contributed by atoms with Crippen LogP contribution in [0.1, 0.15) is 35.3 Å². The highest BCUT2D eigenvalue weighted by Gasteiger charge is 2.50. The van der Waals surface area contributed by atoms with E-state index in [1.807, 2.05) is 25.1 Å². The molecule has 4 rings (SSSR count). The number of carbonyl (C=O) groups is 1. The van der Waals surface area contributed by atoms with Crippen LogP contribution in [0.4, 0.5) is 5.69 Å². The number of fused-ring (bicyclic) bond motifs is 4. The van der Waals surface area contributed by atoms with Crippen LogP contribution in [0.25, 0.3) is 0 Å². The molecule has 0 spiro atoms. The van der Waals surface area contributed by atoms with Crippen LogP contribution in [0.15, 0.2) is 48.5 Å². The summed E-state index contributed by atoms with van der Waals surface area (Å²) in [5, 5.41) is 11.1. The van der Waals surface area contributed by atoms with E-state index in [9.17, 15) is 14.9 Å². The van der Waals surface area contributed by atoms with Gasteiger partial charge in [-0.2, -0.15) is 0 Å². The Balaban J connectivity index is 1.76. The number of amides is 1. The maximum atomic E-state index is 12.9. The Morgan fingerprint density at radius 3 is 2.75 bits per heavy atom. The van der Waals surface area contributed by atoms with Crippen molar-refractivity contribution in [3.63, 3.8) is 0 Å². The molecule has 2 unspecified atom stereocenters. The van der Waals surface area contributed by atoms with Gasteiger partial charge in [-0.1, -0.05) is 18.2 Å². The van der Waals surface area contributed by atoms with Gasteiger partial charge in [-0.3, -0.25) is 14.9 Å². The van der Waals surface area contributed by atoms with Crippen molar-refractivity contribution in [3.8, 4) is 5.75 Å². The predicted octanol–water partition coefficient (Wildman–Crippen LogP) is 3.33. The Labute approximate surface area is 138 Å². The fraction of sp³-hybridized carbons (Fsp3) is 0.278. The first-order valence-electron chi connectivity index (χ1n) is 7.80. The average molecular weight is 324 g/mol. The van der Waals surface area contributed by atoms with Gasteiger partial charge in [0.1, 0.15) is 11.4 Å². The molecule has 1 saturated heterocycles. The molecule has 2 aromatic rings. The van der Waals surface area contributed by atoms with Crippen LogP contribution in [0.3, 0.4) is 0 Å². The summed E-state index contributed by atoms with van der Waals surface area (Å²) in [6.45, 7) is 2.44. The van der Waals surface area contributed by atoms with Crippen LogP contribution in [-0.2, 0) is 0 Å². The van der Waals surface area contributed by atoms with E-state index in [2.05, 4.69) is 0 Å². The summed E-state index contributed by atoms with van der Waals surface area (Å²) in [5.41, 5.74) is 0.877. The van der Waals surface area contributed by atoms with Crippen molar-refractivity contribution in [1.82, 2.24) is 4.90 Å². The molecule has 0 radical (unpaired) electrons. The highest BCUT2D eigenvalue weighted by atomic mass is 16.6. The van der Waals surface area contributed by atoms with Crippen LogP contribution in [0, 0.1) is 10.1 Å². The number of benzene rings is 2. The molecule has 24 heavy (non-hydrogen) atoms. The zero-order chi connectivity index (χ0) is 16.9. The van der Waals surface area contributed by atoms with Gasteiger partial charge < -0.3 is 9.64 Å². The molecule has 0 saturated carbocycles. The molecule has 6 heteroatoms. The second-order valence-electron chi connectivity index (χ2n) is 6.55. The normalized spacial score (nSPS) is 24.2. The second kappa shape index (κ2) is 5.06. The van der Waals surface area contributed by atoms with Crippen molar-refractivity contribution in [1.29, 1.82) is 0 Å². The van der Waals surface area contributed by atoms with Crippen molar-refractivity contribution in [3.05, 3.63) is 69.8 Å². The number of hydrogen-bond donors (Lipinski definition) is 0. The number of nitrogens with zero attached hydrogens (tertiary/aromatic N) is 2. The molecule has 2 atom stereocenters. The van der Waals surface area contributed by atoms with Crippen molar-refractivity contribution in [2.45, 2.75) is 25.0 Å². The monoisotopic (exact) mass is 324 g/mol. The van der Waals surface area contributed by atoms with Crippen molar-refractivity contribution < 1.29 is 14.5 Å².